The molecular formula is C20H17N3O3. The highest BCUT2D eigenvalue weighted by molar-refractivity contribution is 5.99. The van der Waals surface area contributed by atoms with Crippen molar-refractivity contribution in [2.24, 2.45) is 0 Å². The minimum absolute atomic E-state index is 0.380. The Labute approximate surface area is 150 Å². The van der Waals surface area contributed by atoms with Gasteiger partial charge in [-0.25, -0.2) is 0 Å². The number of pyridine rings is 1. The van der Waals surface area contributed by atoms with Crippen LogP contribution in [0.4, 0.5) is 0 Å². The van der Waals surface area contributed by atoms with E-state index in [0.29, 0.717) is 23.5 Å². The van der Waals surface area contributed by atoms with Crippen molar-refractivity contribution in [3.05, 3.63) is 95.8 Å². The Morgan fingerprint density at radius 1 is 0.808 bits per heavy atom. The molecule has 3 aromatic rings. The van der Waals surface area contributed by atoms with Crippen molar-refractivity contribution < 1.29 is 14.3 Å². The monoisotopic (exact) mass is 347 g/mol. The van der Waals surface area contributed by atoms with Crippen LogP contribution >= 0.6 is 0 Å². The number of amides is 2. The molecule has 0 bridgehead atoms. The molecule has 0 unspecified atom stereocenters. The SMILES string of the molecule is O=C(NNC(=O)c1cccc(OCc2ccccc2)c1)c1ccncc1. The van der Waals surface area contributed by atoms with Gasteiger partial charge in [-0.3, -0.25) is 25.4 Å². The van der Waals surface area contributed by atoms with Crippen molar-refractivity contribution in [3.63, 3.8) is 0 Å². The number of hydrogen-bond donors (Lipinski definition) is 2. The predicted molar refractivity (Wildman–Crippen MR) is 96.4 cm³/mol. The lowest BCUT2D eigenvalue weighted by Gasteiger charge is -2.10. The van der Waals surface area contributed by atoms with Gasteiger partial charge in [0.25, 0.3) is 11.8 Å². The van der Waals surface area contributed by atoms with Crippen molar-refractivity contribution in [2.45, 2.75) is 6.61 Å². The van der Waals surface area contributed by atoms with Gasteiger partial charge in [0, 0.05) is 23.5 Å². The molecule has 0 aliphatic rings. The number of benzene rings is 2. The highest BCUT2D eigenvalue weighted by atomic mass is 16.5. The molecule has 6 heteroatoms. The first-order valence-electron chi connectivity index (χ1n) is 8.00. The topological polar surface area (TPSA) is 80.3 Å². The molecule has 0 fully saturated rings. The van der Waals surface area contributed by atoms with E-state index in [4.69, 9.17) is 4.74 Å². The average molecular weight is 347 g/mol. The van der Waals surface area contributed by atoms with Gasteiger partial charge in [0.1, 0.15) is 12.4 Å². The summed E-state index contributed by atoms with van der Waals surface area (Å²) in [4.78, 5) is 28.0. The lowest BCUT2D eigenvalue weighted by molar-refractivity contribution is 0.0846. The fourth-order valence-electron chi connectivity index (χ4n) is 2.23. The second-order valence-corrected chi connectivity index (χ2v) is 5.45. The highest BCUT2D eigenvalue weighted by Crippen LogP contribution is 2.15. The number of hydrazine groups is 1. The Morgan fingerprint density at radius 3 is 2.23 bits per heavy atom. The average Bonchev–Trinajstić information content (AvgIpc) is 2.72. The van der Waals surface area contributed by atoms with E-state index in [1.807, 2.05) is 30.3 Å². The smallest absolute Gasteiger partial charge is 0.269 e. The molecule has 0 aliphatic heterocycles. The van der Waals surface area contributed by atoms with Gasteiger partial charge in [-0.2, -0.15) is 0 Å². The maximum atomic E-state index is 12.2. The summed E-state index contributed by atoms with van der Waals surface area (Å²) in [6.07, 6.45) is 3.01. The van der Waals surface area contributed by atoms with Crippen LogP contribution in [0.15, 0.2) is 79.1 Å². The number of rotatable bonds is 5. The van der Waals surface area contributed by atoms with Gasteiger partial charge in [-0.05, 0) is 35.9 Å². The summed E-state index contributed by atoms with van der Waals surface area (Å²) in [5.41, 5.74) is 6.57. The highest BCUT2D eigenvalue weighted by Gasteiger charge is 2.09. The summed E-state index contributed by atoms with van der Waals surface area (Å²) in [7, 11) is 0. The van der Waals surface area contributed by atoms with Crippen LogP contribution in [0.2, 0.25) is 0 Å². The molecule has 26 heavy (non-hydrogen) atoms. The first-order valence-corrected chi connectivity index (χ1v) is 8.00. The summed E-state index contributed by atoms with van der Waals surface area (Å²) in [6, 6.07) is 19.6. The second-order valence-electron chi connectivity index (χ2n) is 5.45. The van der Waals surface area contributed by atoms with Gasteiger partial charge >= 0.3 is 0 Å². The van der Waals surface area contributed by atoms with Gasteiger partial charge in [0.15, 0.2) is 0 Å². The first-order chi connectivity index (χ1) is 12.7. The molecule has 2 amide bonds. The van der Waals surface area contributed by atoms with Crippen LogP contribution in [-0.4, -0.2) is 16.8 Å². The molecule has 0 atom stereocenters. The Bertz CT molecular complexity index is 883. The molecule has 1 aromatic heterocycles. The summed E-state index contributed by atoms with van der Waals surface area (Å²) in [5, 5.41) is 0. The van der Waals surface area contributed by atoms with Crippen LogP contribution in [0, 0.1) is 0 Å². The first kappa shape index (κ1) is 17.2. The number of nitrogens with zero attached hydrogens (tertiary/aromatic N) is 1. The fourth-order valence-corrected chi connectivity index (χ4v) is 2.23. The van der Waals surface area contributed by atoms with E-state index in [1.54, 1.807) is 36.4 Å². The van der Waals surface area contributed by atoms with Crippen LogP contribution in [0.25, 0.3) is 0 Å². The van der Waals surface area contributed by atoms with Crippen LogP contribution in [0.1, 0.15) is 26.3 Å². The predicted octanol–water partition coefficient (Wildman–Crippen LogP) is 2.74. The summed E-state index contributed by atoms with van der Waals surface area (Å²) < 4.78 is 5.70. The minimum atomic E-state index is -0.433. The summed E-state index contributed by atoms with van der Waals surface area (Å²) in [6.45, 7) is 0.407. The van der Waals surface area contributed by atoms with Crippen molar-refractivity contribution in [1.82, 2.24) is 15.8 Å². The van der Waals surface area contributed by atoms with Crippen LogP contribution in [0.5, 0.6) is 5.75 Å². The van der Waals surface area contributed by atoms with Crippen molar-refractivity contribution in [1.29, 1.82) is 0 Å². The number of nitrogens with one attached hydrogen (secondary N) is 2. The van der Waals surface area contributed by atoms with Crippen molar-refractivity contribution in [3.8, 4) is 5.75 Å². The van der Waals surface area contributed by atoms with Crippen LogP contribution < -0.4 is 15.6 Å². The van der Waals surface area contributed by atoms with Crippen molar-refractivity contribution in [2.75, 3.05) is 0 Å². The maximum Gasteiger partial charge on any atom is 0.269 e. The molecule has 3 rings (SSSR count). The molecule has 2 aromatic carbocycles. The van der Waals surface area contributed by atoms with Crippen LogP contribution in [0.3, 0.4) is 0 Å². The Hall–Kier alpha value is -3.67. The second kappa shape index (κ2) is 8.43. The molecule has 0 saturated carbocycles. The van der Waals surface area contributed by atoms with Gasteiger partial charge in [0.05, 0.1) is 0 Å². The van der Waals surface area contributed by atoms with Gasteiger partial charge in [-0.15, -0.1) is 0 Å². The third-order valence-electron chi connectivity index (χ3n) is 3.58. The molecule has 130 valence electrons. The number of hydrogen-bond acceptors (Lipinski definition) is 4. The standard InChI is InChI=1S/C20H17N3O3/c24-19(16-9-11-21-12-10-16)22-23-20(25)17-7-4-8-18(13-17)26-14-15-5-2-1-3-6-15/h1-13H,14H2,(H,22,24)(H,23,25). The molecular weight excluding hydrogens is 330 g/mol. The lowest BCUT2D eigenvalue weighted by atomic mass is 10.2. The third-order valence-corrected chi connectivity index (χ3v) is 3.58. The van der Waals surface area contributed by atoms with E-state index in [-0.39, 0.29) is 0 Å². The van der Waals surface area contributed by atoms with Crippen molar-refractivity contribution >= 4 is 11.8 Å². The van der Waals surface area contributed by atoms with Crippen LogP contribution in [-0.2, 0) is 6.61 Å². The van der Waals surface area contributed by atoms with E-state index in [1.165, 1.54) is 12.4 Å². The Morgan fingerprint density at radius 2 is 1.50 bits per heavy atom. The zero-order valence-corrected chi connectivity index (χ0v) is 13.9. The largest absolute Gasteiger partial charge is 0.489 e. The van der Waals surface area contributed by atoms with E-state index in [9.17, 15) is 9.59 Å². The van der Waals surface area contributed by atoms with E-state index in [0.717, 1.165) is 5.56 Å². The van der Waals surface area contributed by atoms with Gasteiger partial charge in [-0.1, -0.05) is 36.4 Å². The number of ether oxygens (including phenoxy) is 1. The third kappa shape index (κ3) is 4.67. The van der Waals surface area contributed by atoms with E-state index >= 15 is 0 Å². The molecule has 0 saturated heterocycles. The minimum Gasteiger partial charge on any atom is -0.489 e. The number of carbonyl (C=O) groups is 2. The Kier molecular flexibility index (Phi) is 5.57. The zero-order chi connectivity index (χ0) is 18.2. The summed E-state index contributed by atoms with van der Waals surface area (Å²) >= 11 is 0. The fraction of sp³-hybridized carbons (Fsp3) is 0.0500. The molecule has 6 nitrogen and oxygen atoms in total. The maximum absolute atomic E-state index is 12.2. The number of aromatic nitrogens is 1. The normalized spacial score (nSPS) is 10.0. The van der Waals surface area contributed by atoms with E-state index < -0.39 is 11.8 Å². The Balaban J connectivity index is 1.57. The number of carbonyl (C=O) groups excluding carboxylic acids is 2. The molecule has 0 spiro atoms. The molecule has 0 aliphatic carbocycles. The molecule has 0 radical (unpaired) electrons. The summed E-state index contributed by atoms with van der Waals surface area (Å²) in [5.74, 6) is -0.281. The lowest BCUT2D eigenvalue weighted by Crippen LogP contribution is -2.41. The van der Waals surface area contributed by atoms with Gasteiger partial charge in [0.2, 0.25) is 0 Å². The van der Waals surface area contributed by atoms with E-state index in [2.05, 4.69) is 15.8 Å². The zero-order valence-electron chi connectivity index (χ0n) is 13.9. The van der Waals surface area contributed by atoms with Gasteiger partial charge < -0.3 is 4.74 Å². The molecule has 1 heterocycles. The quantitative estimate of drug-likeness (QED) is 0.696. The molecule has 2 N–H and O–H groups in total.